The highest BCUT2D eigenvalue weighted by molar-refractivity contribution is 5.92. The quantitative estimate of drug-likeness (QED) is 0.801. The fourth-order valence-corrected chi connectivity index (χ4v) is 2.13. The molecule has 0 aliphatic carbocycles. The van der Waals surface area contributed by atoms with E-state index in [2.05, 4.69) is 10.5 Å². The van der Waals surface area contributed by atoms with E-state index >= 15 is 0 Å². The Morgan fingerprint density at radius 3 is 2.57 bits per heavy atom. The van der Waals surface area contributed by atoms with Crippen LogP contribution >= 0.6 is 0 Å². The highest BCUT2D eigenvalue weighted by Gasteiger charge is 2.10. The number of nitrogens with zero attached hydrogens (tertiary/aromatic N) is 2. The minimum Gasteiger partial charge on any atom is -0.356 e. The van der Waals surface area contributed by atoms with Crippen LogP contribution in [0.15, 0.2) is 65.2 Å². The van der Waals surface area contributed by atoms with Gasteiger partial charge in [-0.25, -0.2) is 0 Å². The fraction of sp³-hybridized carbons (Fsp3) is 0.0556. The molecule has 0 radical (unpaired) electrons. The van der Waals surface area contributed by atoms with Crippen molar-refractivity contribution in [1.29, 1.82) is 5.26 Å². The van der Waals surface area contributed by atoms with E-state index in [1.807, 2.05) is 36.4 Å². The first kappa shape index (κ1) is 14.5. The molecule has 2 aromatic carbocycles. The third kappa shape index (κ3) is 3.63. The molecule has 1 amide bonds. The van der Waals surface area contributed by atoms with E-state index in [-0.39, 0.29) is 12.3 Å². The van der Waals surface area contributed by atoms with Crippen molar-refractivity contribution in [1.82, 2.24) is 5.16 Å². The first-order valence-corrected chi connectivity index (χ1v) is 7.05. The van der Waals surface area contributed by atoms with Gasteiger partial charge in [0, 0.05) is 17.3 Å². The van der Waals surface area contributed by atoms with E-state index in [1.54, 1.807) is 30.3 Å². The number of amides is 1. The molecule has 0 aliphatic heterocycles. The molecule has 112 valence electrons. The predicted molar refractivity (Wildman–Crippen MR) is 85.4 cm³/mol. The number of carbonyl (C=O) groups excluding carboxylic acids is 1. The van der Waals surface area contributed by atoms with Crippen molar-refractivity contribution >= 4 is 11.6 Å². The van der Waals surface area contributed by atoms with E-state index in [9.17, 15) is 4.79 Å². The lowest BCUT2D eigenvalue weighted by Crippen LogP contribution is -2.14. The van der Waals surface area contributed by atoms with Gasteiger partial charge in [-0.2, -0.15) is 5.26 Å². The van der Waals surface area contributed by atoms with Gasteiger partial charge in [-0.1, -0.05) is 35.5 Å². The van der Waals surface area contributed by atoms with Crippen LogP contribution in [-0.4, -0.2) is 11.1 Å². The summed E-state index contributed by atoms with van der Waals surface area (Å²) in [4.78, 5) is 12.0. The van der Waals surface area contributed by atoms with Crippen molar-refractivity contribution in [3.63, 3.8) is 0 Å². The van der Waals surface area contributed by atoms with Crippen LogP contribution in [0.2, 0.25) is 0 Å². The summed E-state index contributed by atoms with van der Waals surface area (Å²) in [6.07, 6.45) is 0.121. The minimum absolute atomic E-state index is 0.121. The van der Waals surface area contributed by atoms with Gasteiger partial charge in [0.05, 0.1) is 23.7 Å². The molecule has 23 heavy (non-hydrogen) atoms. The van der Waals surface area contributed by atoms with Crippen LogP contribution in [0.4, 0.5) is 5.69 Å². The molecule has 5 nitrogen and oxygen atoms in total. The Labute approximate surface area is 133 Å². The van der Waals surface area contributed by atoms with Crippen molar-refractivity contribution in [2.75, 3.05) is 5.32 Å². The van der Waals surface area contributed by atoms with E-state index in [0.29, 0.717) is 22.7 Å². The smallest absolute Gasteiger partial charge is 0.230 e. The summed E-state index contributed by atoms with van der Waals surface area (Å²) in [5.74, 6) is 0.439. The Morgan fingerprint density at radius 1 is 1.13 bits per heavy atom. The first-order chi connectivity index (χ1) is 11.2. The zero-order valence-corrected chi connectivity index (χ0v) is 12.2. The van der Waals surface area contributed by atoms with E-state index in [1.165, 1.54) is 0 Å². The SMILES string of the molecule is N#Cc1ccc(NC(=O)Cc2cc(-c3ccccc3)on2)cc1. The van der Waals surface area contributed by atoms with E-state index in [0.717, 1.165) is 5.56 Å². The fourth-order valence-electron chi connectivity index (χ4n) is 2.13. The molecule has 1 N–H and O–H groups in total. The number of nitrogens with one attached hydrogen (secondary N) is 1. The normalized spacial score (nSPS) is 10.0. The Kier molecular flexibility index (Phi) is 4.16. The van der Waals surface area contributed by atoms with E-state index in [4.69, 9.17) is 9.78 Å². The van der Waals surface area contributed by atoms with Crippen molar-refractivity contribution in [3.8, 4) is 17.4 Å². The molecule has 3 rings (SSSR count). The lowest BCUT2D eigenvalue weighted by Gasteiger charge is -2.03. The number of rotatable bonds is 4. The minimum atomic E-state index is -0.192. The summed E-state index contributed by atoms with van der Waals surface area (Å²) in [7, 11) is 0. The third-order valence-corrected chi connectivity index (χ3v) is 3.26. The maximum atomic E-state index is 12.0. The maximum Gasteiger partial charge on any atom is 0.230 e. The molecule has 0 unspecified atom stereocenters. The zero-order valence-electron chi connectivity index (χ0n) is 12.2. The van der Waals surface area contributed by atoms with Gasteiger partial charge in [-0.15, -0.1) is 0 Å². The van der Waals surface area contributed by atoms with Gasteiger partial charge >= 0.3 is 0 Å². The number of hydrogen-bond acceptors (Lipinski definition) is 4. The van der Waals surface area contributed by atoms with Gasteiger partial charge in [0.15, 0.2) is 5.76 Å². The standard InChI is InChI=1S/C18H13N3O2/c19-12-13-6-8-15(9-7-13)20-18(22)11-16-10-17(23-21-16)14-4-2-1-3-5-14/h1-10H,11H2,(H,20,22). The van der Waals surface area contributed by atoms with Crippen molar-refractivity contribution in [2.24, 2.45) is 0 Å². The number of aromatic nitrogens is 1. The second kappa shape index (κ2) is 6.58. The van der Waals surface area contributed by atoms with Crippen LogP contribution in [0, 0.1) is 11.3 Å². The molecule has 1 heterocycles. The molecule has 0 bridgehead atoms. The highest BCUT2D eigenvalue weighted by Crippen LogP contribution is 2.20. The molecular weight excluding hydrogens is 290 g/mol. The number of nitriles is 1. The molecule has 0 fully saturated rings. The number of benzene rings is 2. The number of hydrogen-bond donors (Lipinski definition) is 1. The molecule has 0 saturated heterocycles. The number of carbonyl (C=O) groups is 1. The van der Waals surface area contributed by atoms with Crippen LogP contribution in [-0.2, 0) is 11.2 Å². The lowest BCUT2D eigenvalue weighted by atomic mass is 10.1. The summed E-state index contributed by atoms with van der Waals surface area (Å²) in [5, 5.41) is 15.4. The summed E-state index contributed by atoms with van der Waals surface area (Å²) < 4.78 is 5.27. The highest BCUT2D eigenvalue weighted by atomic mass is 16.5. The van der Waals surface area contributed by atoms with Crippen molar-refractivity contribution in [3.05, 3.63) is 71.9 Å². The molecule has 0 atom stereocenters. The van der Waals surface area contributed by atoms with Crippen molar-refractivity contribution in [2.45, 2.75) is 6.42 Å². The predicted octanol–water partition coefficient (Wildman–Crippen LogP) is 3.39. The van der Waals surface area contributed by atoms with Gasteiger partial charge in [0.25, 0.3) is 0 Å². The summed E-state index contributed by atoms with van der Waals surface area (Å²) in [5.41, 5.74) is 2.67. The first-order valence-electron chi connectivity index (χ1n) is 7.05. The molecule has 3 aromatic rings. The molecule has 0 saturated carbocycles. The average Bonchev–Trinajstić information content (AvgIpc) is 3.04. The van der Waals surface area contributed by atoms with E-state index < -0.39 is 0 Å². The monoisotopic (exact) mass is 303 g/mol. The lowest BCUT2D eigenvalue weighted by molar-refractivity contribution is -0.115. The topological polar surface area (TPSA) is 78.9 Å². The van der Waals surface area contributed by atoms with Gasteiger partial charge in [-0.05, 0) is 24.3 Å². The van der Waals surface area contributed by atoms with Crippen LogP contribution in [0.3, 0.4) is 0 Å². The largest absolute Gasteiger partial charge is 0.356 e. The van der Waals surface area contributed by atoms with Gasteiger partial charge in [0.1, 0.15) is 0 Å². The molecule has 0 aliphatic rings. The second-order valence-corrected chi connectivity index (χ2v) is 4.96. The summed E-state index contributed by atoms with van der Waals surface area (Å²) in [6.45, 7) is 0. The summed E-state index contributed by atoms with van der Waals surface area (Å²) in [6, 6.07) is 20.1. The molecular formula is C18H13N3O2. The third-order valence-electron chi connectivity index (χ3n) is 3.26. The zero-order chi connectivity index (χ0) is 16.1. The van der Waals surface area contributed by atoms with Crippen molar-refractivity contribution < 1.29 is 9.32 Å². The van der Waals surface area contributed by atoms with Gasteiger partial charge in [0.2, 0.25) is 5.91 Å². The second-order valence-electron chi connectivity index (χ2n) is 4.96. The van der Waals surface area contributed by atoms with Crippen LogP contribution in [0.1, 0.15) is 11.3 Å². The average molecular weight is 303 g/mol. The van der Waals surface area contributed by atoms with Gasteiger partial charge in [-0.3, -0.25) is 4.79 Å². The Balaban J connectivity index is 1.64. The van der Waals surface area contributed by atoms with Gasteiger partial charge < -0.3 is 9.84 Å². The molecule has 5 heteroatoms. The number of anilines is 1. The van der Waals surface area contributed by atoms with Crippen LogP contribution in [0.5, 0.6) is 0 Å². The molecule has 1 aromatic heterocycles. The van der Waals surface area contributed by atoms with Crippen LogP contribution in [0.25, 0.3) is 11.3 Å². The Morgan fingerprint density at radius 2 is 1.87 bits per heavy atom. The maximum absolute atomic E-state index is 12.0. The molecule has 0 spiro atoms. The van der Waals surface area contributed by atoms with Crippen LogP contribution < -0.4 is 5.32 Å². The Bertz CT molecular complexity index is 846. The Hall–Kier alpha value is -3.39. The summed E-state index contributed by atoms with van der Waals surface area (Å²) >= 11 is 0.